The van der Waals surface area contributed by atoms with Gasteiger partial charge in [0.05, 0.1) is 0 Å². The van der Waals surface area contributed by atoms with Crippen LogP contribution in [-0.2, 0) is 4.79 Å². The summed E-state index contributed by atoms with van der Waals surface area (Å²) in [7, 11) is 0. The molecular formula is C39H83N25O7S. The summed E-state index contributed by atoms with van der Waals surface area (Å²) in [5.74, 6) is -0.698. The average Bonchev–Trinajstić information content (AvgIpc) is 3.29. The summed E-state index contributed by atoms with van der Waals surface area (Å²) in [6, 6.07) is -6.84. The number of guanidine groups is 4. The Labute approximate surface area is 425 Å². The van der Waals surface area contributed by atoms with Gasteiger partial charge in [-0.05, 0) is 71.0 Å². The Morgan fingerprint density at radius 1 is 0.389 bits per heavy atom. The topological polar surface area (TPSA) is 537 Å². The minimum absolute atomic E-state index is 0.0223. The zero-order chi connectivity index (χ0) is 54.3. The number of urea groups is 6. The Balaban J connectivity index is 5.35. The number of nitrogens with two attached hydrogens (primary N) is 5. The van der Waals surface area contributed by atoms with Crippen molar-refractivity contribution < 1.29 is 33.6 Å². The Hall–Kier alpha value is -7.48. The molecule has 0 spiro atoms. The third kappa shape index (κ3) is 39.4. The van der Waals surface area contributed by atoms with E-state index in [9.17, 15) is 33.6 Å². The lowest BCUT2D eigenvalue weighted by atomic mass is 10.1. The number of thiol groups is 1. The van der Waals surface area contributed by atoms with E-state index in [2.05, 4.69) is 97.7 Å². The maximum absolute atomic E-state index is 13.2. The fourth-order valence-electron chi connectivity index (χ4n) is 6.31. The molecule has 0 aromatic carbocycles. The zero-order valence-electron chi connectivity index (χ0n) is 41.3. The van der Waals surface area contributed by atoms with Crippen LogP contribution in [0.3, 0.4) is 0 Å². The molecule has 412 valence electrons. The van der Waals surface area contributed by atoms with E-state index in [1.165, 1.54) is 0 Å². The lowest BCUT2D eigenvalue weighted by molar-refractivity contribution is -0.121. The van der Waals surface area contributed by atoms with E-state index in [0.717, 1.165) is 0 Å². The van der Waals surface area contributed by atoms with Crippen molar-refractivity contribution in [2.45, 2.75) is 108 Å². The van der Waals surface area contributed by atoms with Gasteiger partial charge in [0.25, 0.3) is 0 Å². The van der Waals surface area contributed by atoms with E-state index in [0.29, 0.717) is 83.3 Å². The SMILES string of the molecule is CC(CNC(=O)NC(CCCNC(=N)N)CNC(N)=O)NC(=O)NCC(CCCNC(=N)N)NC(=O)NCC(CCCNC(=N)N)NC(=O)NCC(C)NC(=O)NCC(CCCNC(=N)N)NC(=O)CCS. The molecule has 0 fully saturated rings. The minimum Gasteiger partial charge on any atom is -0.370 e. The summed E-state index contributed by atoms with van der Waals surface area (Å²) in [6.45, 7) is 4.92. The molecule has 6 unspecified atom stereocenters. The molecule has 0 aliphatic heterocycles. The molecule has 72 heavy (non-hydrogen) atoms. The third-order valence-corrected chi connectivity index (χ3v) is 10.1. The summed E-state index contributed by atoms with van der Waals surface area (Å²) < 4.78 is 0. The van der Waals surface area contributed by atoms with Crippen molar-refractivity contribution in [2.75, 3.05) is 71.2 Å². The maximum atomic E-state index is 13.2. The number of hydrogen-bond donors (Lipinski definition) is 26. The van der Waals surface area contributed by atoms with E-state index in [1.54, 1.807) is 13.8 Å². The summed E-state index contributed by atoms with van der Waals surface area (Å²) in [4.78, 5) is 87.9. The quantitative estimate of drug-likeness (QED) is 0.0121. The Bertz CT molecular complexity index is 1720. The second-order valence-corrected chi connectivity index (χ2v) is 17.0. The van der Waals surface area contributed by atoms with Crippen molar-refractivity contribution in [3.8, 4) is 0 Å². The molecule has 0 saturated carbocycles. The first-order valence-electron chi connectivity index (χ1n) is 23.5. The van der Waals surface area contributed by atoms with Crippen LogP contribution < -0.4 is 114 Å². The van der Waals surface area contributed by atoms with Gasteiger partial charge in [-0.2, -0.15) is 12.6 Å². The van der Waals surface area contributed by atoms with Crippen LogP contribution in [0.25, 0.3) is 0 Å². The first-order valence-corrected chi connectivity index (χ1v) is 24.2. The van der Waals surface area contributed by atoms with Crippen LogP contribution in [0.5, 0.6) is 0 Å². The third-order valence-electron chi connectivity index (χ3n) is 9.83. The summed E-state index contributed by atoms with van der Waals surface area (Å²) in [5, 5.41) is 72.7. The number of primary amides is 1. The van der Waals surface area contributed by atoms with Crippen LogP contribution in [0.15, 0.2) is 0 Å². The Morgan fingerprint density at radius 2 is 0.653 bits per heavy atom. The predicted octanol–water partition coefficient (Wildman–Crippen LogP) is -5.11. The molecule has 0 radical (unpaired) electrons. The van der Waals surface area contributed by atoms with Crippen molar-refractivity contribution in [1.29, 1.82) is 21.6 Å². The van der Waals surface area contributed by atoms with Crippen molar-refractivity contribution in [1.82, 2.24) is 85.1 Å². The molecule has 0 bridgehead atoms. The molecule has 0 rings (SSSR count). The molecule has 33 heteroatoms. The maximum Gasteiger partial charge on any atom is 0.315 e. The first kappa shape index (κ1) is 64.5. The van der Waals surface area contributed by atoms with E-state index in [-0.39, 0.29) is 75.4 Å². The van der Waals surface area contributed by atoms with Gasteiger partial charge >= 0.3 is 36.2 Å². The molecule has 0 heterocycles. The molecule has 0 aromatic heterocycles. The van der Waals surface area contributed by atoms with Crippen molar-refractivity contribution >= 4 is 78.6 Å². The number of rotatable bonds is 36. The van der Waals surface area contributed by atoms with Gasteiger partial charge in [-0.3, -0.25) is 26.4 Å². The molecule has 0 aliphatic carbocycles. The molecule has 0 aliphatic rings. The lowest BCUT2D eigenvalue weighted by Gasteiger charge is -2.24. The molecule has 0 saturated heterocycles. The Kier molecular flexibility index (Phi) is 35.2. The van der Waals surface area contributed by atoms with Crippen LogP contribution in [0.4, 0.5) is 28.8 Å². The molecule has 32 nitrogen and oxygen atoms in total. The molecule has 6 atom stereocenters. The Morgan fingerprint density at radius 3 is 0.931 bits per heavy atom. The number of nitrogens with one attached hydrogen (secondary N) is 20. The van der Waals surface area contributed by atoms with Crippen LogP contribution in [-0.4, -0.2) is 173 Å². The van der Waals surface area contributed by atoms with Crippen LogP contribution in [0, 0.1) is 21.6 Å². The summed E-state index contributed by atoms with van der Waals surface area (Å²) >= 11 is 4.08. The van der Waals surface area contributed by atoms with Crippen molar-refractivity contribution in [3.05, 3.63) is 0 Å². The van der Waals surface area contributed by atoms with E-state index >= 15 is 0 Å². The monoisotopic (exact) mass is 1050 g/mol. The van der Waals surface area contributed by atoms with E-state index in [1.807, 2.05) is 0 Å². The zero-order valence-corrected chi connectivity index (χ0v) is 42.2. The minimum atomic E-state index is -0.762. The second kappa shape index (κ2) is 39.3. The largest absolute Gasteiger partial charge is 0.370 e. The summed E-state index contributed by atoms with van der Waals surface area (Å²) in [5.41, 5.74) is 26.6. The van der Waals surface area contributed by atoms with Crippen LogP contribution in [0.1, 0.15) is 71.6 Å². The highest BCUT2D eigenvalue weighted by Crippen LogP contribution is 2.01. The van der Waals surface area contributed by atoms with Gasteiger partial charge in [0.15, 0.2) is 23.8 Å². The number of carbonyl (C=O) groups is 7. The lowest BCUT2D eigenvalue weighted by Crippen LogP contribution is -2.54. The number of amides is 13. The van der Waals surface area contributed by atoms with Gasteiger partial charge in [0.2, 0.25) is 5.91 Å². The number of carbonyl (C=O) groups excluding carboxylic acids is 7. The average molecular weight is 1050 g/mol. The van der Waals surface area contributed by atoms with E-state index < -0.39 is 72.4 Å². The van der Waals surface area contributed by atoms with E-state index in [4.69, 9.17) is 50.3 Å². The fraction of sp³-hybridized carbons (Fsp3) is 0.718. The molecular weight excluding hydrogens is 963 g/mol. The van der Waals surface area contributed by atoms with Gasteiger partial charge in [-0.15, -0.1) is 0 Å². The standard InChI is InChI=1S/C39H83N25O7S/c1-23(59-35(67)56-20-25(61-29(65)11-16-72)7-3-12-49-30(40)41)18-55-38(70)63-28(10-6-15-52-33(46)47)22-58-39(71)64-27(9-5-14-51-32(44)45)21-57-36(68)60-24(2)17-54-37(69)62-26(19-53-34(48)66)8-4-13-50-31(42)43/h23-28,72H,3-22H2,1-2H3,(H,61,65)(H4,40,41,49)(H4,42,43,50)(H4,44,45,51)(H4,46,47,52)(H3,48,53,66)(H2,54,62,69)(H2,55,63,70)(H2,56,59,67)(H2,57,60,68)(H2,58,64,71). The van der Waals surface area contributed by atoms with Crippen LogP contribution in [0.2, 0.25) is 0 Å². The van der Waals surface area contributed by atoms with Gasteiger partial charge < -0.3 is 114 Å². The van der Waals surface area contributed by atoms with Crippen molar-refractivity contribution in [3.63, 3.8) is 0 Å². The highest BCUT2D eigenvalue weighted by Gasteiger charge is 2.20. The van der Waals surface area contributed by atoms with Crippen molar-refractivity contribution in [2.24, 2.45) is 28.7 Å². The molecule has 13 amide bonds. The van der Waals surface area contributed by atoms with Gasteiger partial charge in [-0.25, -0.2) is 28.8 Å². The second-order valence-electron chi connectivity index (χ2n) is 16.6. The fourth-order valence-corrected chi connectivity index (χ4v) is 6.52. The van der Waals surface area contributed by atoms with Gasteiger partial charge in [-0.1, -0.05) is 0 Å². The highest BCUT2D eigenvalue weighted by atomic mass is 32.1. The normalized spacial score (nSPS) is 12.9. The van der Waals surface area contributed by atoms with Crippen LogP contribution >= 0.6 is 12.6 Å². The predicted molar refractivity (Wildman–Crippen MR) is 278 cm³/mol. The first-order chi connectivity index (χ1) is 34.1. The number of hydrogen-bond acceptors (Lipinski definition) is 12. The smallest absolute Gasteiger partial charge is 0.315 e. The molecule has 30 N–H and O–H groups in total. The summed E-state index contributed by atoms with van der Waals surface area (Å²) in [6.07, 6.45) is 3.81. The molecule has 0 aromatic rings. The van der Waals surface area contributed by atoms with Gasteiger partial charge in [0.1, 0.15) is 0 Å². The highest BCUT2D eigenvalue weighted by molar-refractivity contribution is 7.80. The van der Waals surface area contributed by atoms with Gasteiger partial charge in [0, 0.05) is 108 Å².